The van der Waals surface area contributed by atoms with E-state index in [1.54, 1.807) is 48.8 Å². The lowest BCUT2D eigenvalue weighted by Crippen LogP contribution is -1.67. The van der Waals surface area contributed by atoms with Crippen LogP contribution < -0.4 is 0 Å². The Morgan fingerprint density at radius 1 is 0.800 bits per heavy atom. The van der Waals surface area contributed by atoms with Crippen molar-refractivity contribution in [3.8, 4) is 5.75 Å². The summed E-state index contributed by atoms with van der Waals surface area (Å²) < 4.78 is 0. The Morgan fingerprint density at radius 3 is 1.93 bits per heavy atom. The van der Waals surface area contributed by atoms with Crippen molar-refractivity contribution < 1.29 is 5.11 Å². The second kappa shape index (κ2) is 4.32. The molecule has 0 bridgehead atoms. The number of phenols is 1. The fourth-order valence-corrected chi connectivity index (χ4v) is 1.05. The van der Waals surface area contributed by atoms with Gasteiger partial charge in [-0.3, -0.25) is 4.98 Å². The second-order valence-electron chi connectivity index (χ2n) is 2.92. The van der Waals surface area contributed by atoms with Crippen molar-refractivity contribution in [1.29, 1.82) is 0 Å². The Bertz CT molecular complexity index is 451. The first kappa shape index (κ1) is 9.33. The highest BCUT2D eigenvalue weighted by Gasteiger charge is 1.90. The Hall–Kier alpha value is -2.23. The van der Waals surface area contributed by atoms with Crippen LogP contribution in [0.4, 0.5) is 11.4 Å². The molecule has 2 aromatic rings. The van der Waals surface area contributed by atoms with E-state index in [1.165, 1.54) is 0 Å². The van der Waals surface area contributed by atoms with Crippen molar-refractivity contribution in [2.45, 2.75) is 0 Å². The summed E-state index contributed by atoms with van der Waals surface area (Å²) in [6.07, 6.45) is 3.32. The zero-order valence-electron chi connectivity index (χ0n) is 7.91. The second-order valence-corrected chi connectivity index (χ2v) is 2.92. The average Bonchev–Trinajstić information content (AvgIpc) is 2.30. The third-order valence-electron chi connectivity index (χ3n) is 1.79. The van der Waals surface area contributed by atoms with E-state index < -0.39 is 0 Å². The Balaban J connectivity index is 2.15. The van der Waals surface area contributed by atoms with Gasteiger partial charge in [0, 0.05) is 12.4 Å². The summed E-state index contributed by atoms with van der Waals surface area (Å²) in [7, 11) is 0. The minimum absolute atomic E-state index is 0.220. The van der Waals surface area contributed by atoms with Crippen molar-refractivity contribution in [1.82, 2.24) is 4.98 Å². The summed E-state index contributed by atoms with van der Waals surface area (Å²) in [5, 5.41) is 17.1. The SMILES string of the molecule is Oc1ccc(/N=N/c2ccncc2)cc1. The van der Waals surface area contributed by atoms with Crippen LogP contribution in [0.3, 0.4) is 0 Å². The minimum atomic E-state index is 0.220. The maximum Gasteiger partial charge on any atom is 0.115 e. The van der Waals surface area contributed by atoms with Crippen LogP contribution in [0.2, 0.25) is 0 Å². The molecule has 1 heterocycles. The van der Waals surface area contributed by atoms with Crippen molar-refractivity contribution in [3.63, 3.8) is 0 Å². The largest absolute Gasteiger partial charge is 0.508 e. The van der Waals surface area contributed by atoms with Gasteiger partial charge in [0.15, 0.2) is 0 Å². The lowest BCUT2D eigenvalue weighted by Gasteiger charge is -1.93. The van der Waals surface area contributed by atoms with Crippen molar-refractivity contribution >= 4 is 11.4 Å². The zero-order chi connectivity index (χ0) is 10.5. The molecular weight excluding hydrogens is 190 g/mol. The molecule has 1 aromatic carbocycles. The molecule has 0 saturated heterocycles. The van der Waals surface area contributed by atoms with Gasteiger partial charge >= 0.3 is 0 Å². The summed E-state index contributed by atoms with van der Waals surface area (Å²) in [5.41, 5.74) is 1.45. The van der Waals surface area contributed by atoms with Gasteiger partial charge in [0.25, 0.3) is 0 Å². The first-order valence-corrected chi connectivity index (χ1v) is 4.45. The monoisotopic (exact) mass is 199 g/mol. The number of hydrogen-bond acceptors (Lipinski definition) is 4. The minimum Gasteiger partial charge on any atom is -0.508 e. The molecule has 1 N–H and O–H groups in total. The summed E-state index contributed by atoms with van der Waals surface area (Å²) in [4.78, 5) is 3.88. The van der Waals surface area contributed by atoms with Crippen LogP contribution >= 0.6 is 0 Å². The molecule has 2 rings (SSSR count). The van der Waals surface area contributed by atoms with Crippen LogP contribution in [0.1, 0.15) is 0 Å². The molecule has 0 saturated carbocycles. The standard InChI is InChI=1S/C11H9N3O/c15-11-3-1-9(2-4-11)13-14-10-5-7-12-8-6-10/h1-8,15H/b14-13+. The van der Waals surface area contributed by atoms with Crippen LogP contribution in [0.25, 0.3) is 0 Å². The van der Waals surface area contributed by atoms with Gasteiger partial charge < -0.3 is 5.11 Å². The molecule has 15 heavy (non-hydrogen) atoms. The van der Waals surface area contributed by atoms with Gasteiger partial charge in [0.1, 0.15) is 5.75 Å². The molecule has 0 aliphatic rings. The number of azo groups is 1. The van der Waals surface area contributed by atoms with Crippen molar-refractivity contribution in [3.05, 3.63) is 48.8 Å². The van der Waals surface area contributed by atoms with E-state index in [0.717, 1.165) is 5.69 Å². The normalized spacial score (nSPS) is 10.7. The van der Waals surface area contributed by atoms with E-state index in [4.69, 9.17) is 5.11 Å². The van der Waals surface area contributed by atoms with Gasteiger partial charge in [0.05, 0.1) is 11.4 Å². The smallest absolute Gasteiger partial charge is 0.115 e. The van der Waals surface area contributed by atoms with E-state index in [9.17, 15) is 0 Å². The van der Waals surface area contributed by atoms with E-state index >= 15 is 0 Å². The molecule has 0 unspecified atom stereocenters. The van der Waals surface area contributed by atoms with Gasteiger partial charge in [-0.25, -0.2) is 0 Å². The number of pyridine rings is 1. The van der Waals surface area contributed by atoms with E-state index in [-0.39, 0.29) is 5.75 Å². The van der Waals surface area contributed by atoms with E-state index in [0.29, 0.717) is 5.69 Å². The van der Waals surface area contributed by atoms with Gasteiger partial charge in [-0.05, 0) is 36.4 Å². The number of hydrogen-bond donors (Lipinski definition) is 1. The van der Waals surface area contributed by atoms with Crippen LogP contribution in [0.5, 0.6) is 5.75 Å². The highest BCUT2D eigenvalue weighted by Crippen LogP contribution is 2.19. The molecule has 0 atom stereocenters. The van der Waals surface area contributed by atoms with Gasteiger partial charge in [-0.1, -0.05) is 0 Å². The first-order valence-electron chi connectivity index (χ1n) is 4.45. The number of aromatic nitrogens is 1. The molecule has 4 heteroatoms. The fourth-order valence-electron chi connectivity index (χ4n) is 1.05. The number of nitrogens with zero attached hydrogens (tertiary/aromatic N) is 3. The van der Waals surface area contributed by atoms with Crippen LogP contribution in [-0.2, 0) is 0 Å². The van der Waals surface area contributed by atoms with Gasteiger partial charge in [-0.15, -0.1) is 0 Å². The van der Waals surface area contributed by atoms with Crippen molar-refractivity contribution in [2.75, 3.05) is 0 Å². The molecule has 0 aliphatic carbocycles. The highest BCUT2D eigenvalue weighted by atomic mass is 16.3. The molecule has 0 fully saturated rings. The predicted octanol–water partition coefficient (Wildman–Crippen LogP) is 3.20. The Labute approximate surface area is 86.9 Å². The third kappa shape index (κ3) is 2.60. The van der Waals surface area contributed by atoms with E-state index in [2.05, 4.69) is 15.2 Å². The quantitative estimate of drug-likeness (QED) is 0.755. The number of aromatic hydroxyl groups is 1. The number of rotatable bonds is 2. The molecule has 74 valence electrons. The maximum absolute atomic E-state index is 9.06. The Kier molecular flexibility index (Phi) is 2.69. The third-order valence-corrected chi connectivity index (χ3v) is 1.79. The molecule has 4 nitrogen and oxygen atoms in total. The predicted molar refractivity (Wildman–Crippen MR) is 56.5 cm³/mol. The molecule has 0 aliphatic heterocycles. The fraction of sp³-hybridized carbons (Fsp3) is 0. The van der Waals surface area contributed by atoms with Crippen LogP contribution in [0.15, 0.2) is 59.0 Å². The molecular formula is C11H9N3O. The highest BCUT2D eigenvalue weighted by molar-refractivity contribution is 5.41. The number of benzene rings is 1. The summed E-state index contributed by atoms with van der Waals surface area (Å²) in [6, 6.07) is 10.1. The maximum atomic E-state index is 9.06. The Morgan fingerprint density at radius 2 is 1.33 bits per heavy atom. The van der Waals surface area contributed by atoms with Gasteiger partial charge in [0.2, 0.25) is 0 Å². The lowest BCUT2D eigenvalue weighted by molar-refractivity contribution is 0.475. The van der Waals surface area contributed by atoms with Crippen LogP contribution in [0, 0.1) is 0 Å². The lowest BCUT2D eigenvalue weighted by atomic mass is 10.3. The average molecular weight is 199 g/mol. The number of phenolic OH excluding ortho intramolecular Hbond substituents is 1. The molecule has 0 spiro atoms. The zero-order valence-corrected chi connectivity index (χ0v) is 7.91. The molecule has 1 aromatic heterocycles. The molecule has 0 radical (unpaired) electrons. The summed E-state index contributed by atoms with van der Waals surface area (Å²) >= 11 is 0. The summed E-state index contributed by atoms with van der Waals surface area (Å²) in [5.74, 6) is 0.220. The summed E-state index contributed by atoms with van der Waals surface area (Å²) in [6.45, 7) is 0. The van der Waals surface area contributed by atoms with Gasteiger partial charge in [-0.2, -0.15) is 10.2 Å². The van der Waals surface area contributed by atoms with E-state index in [1.807, 2.05) is 0 Å². The van der Waals surface area contributed by atoms with Crippen LogP contribution in [-0.4, -0.2) is 10.1 Å². The molecule has 0 amide bonds. The topological polar surface area (TPSA) is 57.8 Å². The first-order chi connectivity index (χ1) is 7.34. The van der Waals surface area contributed by atoms with Crippen molar-refractivity contribution in [2.24, 2.45) is 10.2 Å².